The molecule has 1 heterocycles. The Hall–Kier alpha value is -2.35. The third-order valence-electron chi connectivity index (χ3n) is 2.60. The molecular weight excluding hydrogens is 240 g/mol. The molecule has 0 N–H and O–H groups in total. The highest BCUT2D eigenvalue weighted by atomic mass is 16.5. The largest absolute Gasteiger partial charge is 0.487 e. The molecule has 0 fully saturated rings. The van der Waals surface area contributed by atoms with Gasteiger partial charge in [-0.2, -0.15) is 5.26 Å². The lowest BCUT2D eigenvalue weighted by Crippen LogP contribution is -2.12. The standard InChI is InChI=1S/C14H16N4O/c1-11(2)9-18-14(13(8-15)16-17-18)10-19-12-6-4-3-5-7-12/h3-7,11H,9-10H2,1-2H3. The molecule has 19 heavy (non-hydrogen) atoms. The van der Waals surface area contributed by atoms with Gasteiger partial charge in [0.05, 0.1) is 0 Å². The van der Waals surface area contributed by atoms with Crippen LogP contribution in [0.25, 0.3) is 0 Å². The summed E-state index contributed by atoms with van der Waals surface area (Å²) in [5.41, 5.74) is 1.05. The second-order valence-corrected chi connectivity index (χ2v) is 4.67. The number of hydrogen-bond donors (Lipinski definition) is 0. The van der Waals surface area contributed by atoms with E-state index in [1.165, 1.54) is 0 Å². The predicted molar refractivity (Wildman–Crippen MR) is 70.3 cm³/mol. The summed E-state index contributed by atoms with van der Waals surface area (Å²) in [5, 5.41) is 16.9. The predicted octanol–water partition coefficient (Wildman–Crippen LogP) is 2.38. The minimum atomic E-state index is 0.298. The van der Waals surface area contributed by atoms with E-state index in [-0.39, 0.29) is 0 Å². The molecule has 2 aromatic rings. The first-order valence-electron chi connectivity index (χ1n) is 6.21. The summed E-state index contributed by atoms with van der Waals surface area (Å²) in [4.78, 5) is 0. The number of nitrogens with zero attached hydrogens (tertiary/aromatic N) is 4. The van der Waals surface area contributed by atoms with Gasteiger partial charge in [0.15, 0.2) is 5.69 Å². The van der Waals surface area contributed by atoms with E-state index in [1.54, 1.807) is 4.68 Å². The SMILES string of the molecule is CC(C)Cn1nnc(C#N)c1COc1ccccc1. The molecule has 0 aliphatic carbocycles. The lowest BCUT2D eigenvalue weighted by atomic mass is 10.2. The van der Waals surface area contributed by atoms with E-state index in [0.29, 0.717) is 18.2 Å². The van der Waals surface area contributed by atoms with Crippen LogP contribution < -0.4 is 4.74 Å². The molecule has 0 saturated carbocycles. The first-order chi connectivity index (χ1) is 9.20. The summed E-state index contributed by atoms with van der Waals surface area (Å²) in [5.74, 6) is 1.20. The van der Waals surface area contributed by atoms with E-state index in [0.717, 1.165) is 18.0 Å². The average molecular weight is 256 g/mol. The third-order valence-corrected chi connectivity index (χ3v) is 2.60. The molecule has 1 aromatic carbocycles. The van der Waals surface area contributed by atoms with Crippen molar-refractivity contribution in [1.82, 2.24) is 15.0 Å². The molecule has 5 nitrogen and oxygen atoms in total. The molecule has 0 atom stereocenters. The van der Waals surface area contributed by atoms with Gasteiger partial charge in [-0.25, -0.2) is 4.68 Å². The van der Waals surface area contributed by atoms with Gasteiger partial charge in [-0.1, -0.05) is 37.3 Å². The summed E-state index contributed by atoms with van der Waals surface area (Å²) < 4.78 is 7.41. The van der Waals surface area contributed by atoms with Crippen molar-refractivity contribution in [3.05, 3.63) is 41.7 Å². The highest BCUT2D eigenvalue weighted by molar-refractivity contribution is 5.26. The van der Waals surface area contributed by atoms with Crippen molar-refractivity contribution < 1.29 is 4.74 Å². The smallest absolute Gasteiger partial charge is 0.189 e. The molecule has 0 amide bonds. The number of rotatable bonds is 5. The van der Waals surface area contributed by atoms with Gasteiger partial charge < -0.3 is 4.74 Å². The van der Waals surface area contributed by atoms with Crippen LogP contribution in [-0.2, 0) is 13.2 Å². The molecule has 0 aliphatic heterocycles. The Kier molecular flexibility index (Phi) is 4.14. The summed E-state index contributed by atoms with van der Waals surface area (Å²) in [6.07, 6.45) is 0. The van der Waals surface area contributed by atoms with Crippen LogP contribution in [0.3, 0.4) is 0 Å². The van der Waals surface area contributed by atoms with Gasteiger partial charge in [0.25, 0.3) is 0 Å². The second kappa shape index (κ2) is 6.01. The van der Waals surface area contributed by atoms with Crippen molar-refractivity contribution in [2.75, 3.05) is 0 Å². The van der Waals surface area contributed by atoms with Crippen molar-refractivity contribution in [3.8, 4) is 11.8 Å². The molecule has 0 radical (unpaired) electrons. The zero-order valence-electron chi connectivity index (χ0n) is 11.1. The topological polar surface area (TPSA) is 63.7 Å². The van der Waals surface area contributed by atoms with Crippen molar-refractivity contribution in [2.45, 2.75) is 27.0 Å². The lowest BCUT2D eigenvalue weighted by Gasteiger charge is -2.10. The summed E-state index contributed by atoms with van der Waals surface area (Å²) in [7, 11) is 0. The normalized spacial score (nSPS) is 10.4. The molecule has 0 spiro atoms. The molecular formula is C14H16N4O. The van der Waals surface area contributed by atoms with Gasteiger partial charge in [0.2, 0.25) is 0 Å². The van der Waals surface area contributed by atoms with E-state index in [4.69, 9.17) is 10.00 Å². The van der Waals surface area contributed by atoms with Crippen LogP contribution in [0.4, 0.5) is 0 Å². The zero-order valence-corrected chi connectivity index (χ0v) is 11.1. The van der Waals surface area contributed by atoms with Gasteiger partial charge in [0, 0.05) is 6.54 Å². The fraction of sp³-hybridized carbons (Fsp3) is 0.357. The van der Waals surface area contributed by atoms with Gasteiger partial charge in [-0.05, 0) is 18.1 Å². The summed E-state index contributed by atoms with van der Waals surface area (Å²) >= 11 is 0. The summed E-state index contributed by atoms with van der Waals surface area (Å²) in [6.45, 7) is 5.21. The Balaban J connectivity index is 2.14. The van der Waals surface area contributed by atoms with Crippen molar-refractivity contribution in [2.24, 2.45) is 5.92 Å². The minimum Gasteiger partial charge on any atom is -0.487 e. The van der Waals surface area contributed by atoms with Crippen molar-refractivity contribution in [3.63, 3.8) is 0 Å². The van der Waals surface area contributed by atoms with Crippen molar-refractivity contribution in [1.29, 1.82) is 5.26 Å². The minimum absolute atomic E-state index is 0.298. The maximum absolute atomic E-state index is 9.04. The van der Waals surface area contributed by atoms with Crippen molar-refractivity contribution >= 4 is 0 Å². The highest BCUT2D eigenvalue weighted by Crippen LogP contribution is 2.14. The number of benzene rings is 1. The van der Waals surface area contributed by atoms with Gasteiger partial charge in [0.1, 0.15) is 24.1 Å². The number of ether oxygens (including phenoxy) is 1. The van der Waals surface area contributed by atoms with Crippen LogP contribution >= 0.6 is 0 Å². The molecule has 0 bridgehead atoms. The zero-order chi connectivity index (χ0) is 13.7. The number of hydrogen-bond acceptors (Lipinski definition) is 4. The van der Waals surface area contributed by atoms with E-state index in [2.05, 4.69) is 30.2 Å². The van der Waals surface area contributed by atoms with Gasteiger partial charge >= 0.3 is 0 Å². The van der Waals surface area contributed by atoms with Crippen LogP contribution in [0.15, 0.2) is 30.3 Å². The highest BCUT2D eigenvalue weighted by Gasteiger charge is 2.14. The molecule has 0 aliphatic rings. The molecule has 0 unspecified atom stereocenters. The maximum Gasteiger partial charge on any atom is 0.189 e. The first kappa shape index (κ1) is 13.1. The molecule has 2 rings (SSSR count). The molecule has 1 aromatic heterocycles. The van der Waals surface area contributed by atoms with Gasteiger partial charge in [-0.15, -0.1) is 5.10 Å². The Bertz CT molecular complexity index is 569. The molecule has 0 saturated heterocycles. The van der Waals surface area contributed by atoms with Crippen LogP contribution in [0.1, 0.15) is 25.2 Å². The lowest BCUT2D eigenvalue weighted by molar-refractivity contribution is 0.287. The number of aromatic nitrogens is 3. The van der Waals surface area contributed by atoms with Crippen LogP contribution in [-0.4, -0.2) is 15.0 Å². The average Bonchev–Trinajstić information content (AvgIpc) is 2.79. The van der Waals surface area contributed by atoms with E-state index >= 15 is 0 Å². The monoisotopic (exact) mass is 256 g/mol. The fourth-order valence-corrected chi connectivity index (χ4v) is 1.72. The fourth-order valence-electron chi connectivity index (χ4n) is 1.72. The van der Waals surface area contributed by atoms with E-state index in [9.17, 15) is 0 Å². The van der Waals surface area contributed by atoms with Gasteiger partial charge in [-0.3, -0.25) is 0 Å². The Labute approximate surface area is 112 Å². The second-order valence-electron chi connectivity index (χ2n) is 4.67. The van der Waals surface area contributed by atoms with Crippen LogP contribution in [0.2, 0.25) is 0 Å². The van der Waals surface area contributed by atoms with Crippen LogP contribution in [0, 0.1) is 17.2 Å². The van der Waals surface area contributed by atoms with E-state index in [1.807, 2.05) is 30.3 Å². The Morgan fingerprint density at radius 3 is 2.68 bits per heavy atom. The summed E-state index contributed by atoms with van der Waals surface area (Å²) in [6, 6.07) is 11.5. The number of para-hydroxylation sites is 1. The first-order valence-corrected chi connectivity index (χ1v) is 6.21. The third kappa shape index (κ3) is 3.32. The molecule has 5 heteroatoms. The van der Waals surface area contributed by atoms with E-state index < -0.39 is 0 Å². The Morgan fingerprint density at radius 2 is 2.05 bits per heavy atom. The maximum atomic E-state index is 9.04. The quantitative estimate of drug-likeness (QED) is 0.824. The number of nitriles is 1. The van der Waals surface area contributed by atoms with Crippen LogP contribution in [0.5, 0.6) is 5.75 Å². The Morgan fingerprint density at radius 1 is 1.32 bits per heavy atom. The molecule has 98 valence electrons.